The predicted octanol–water partition coefficient (Wildman–Crippen LogP) is 4.22. The molecular formula is C14H18N2S. The lowest BCUT2D eigenvalue weighted by molar-refractivity contribution is 0.783. The van der Waals surface area contributed by atoms with E-state index in [1.165, 1.54) is 11.3 Å². The average Bonchev–Trinajstić information content (AvgIpc) is 2.71. The lowest BCUT2D eigenvalue weighted by atomic mass is 10.1. The first-order valence-electron chi connectivity index (χ1n) is 6.03. The second kappa shape index (κ2) is 4.88. The van der Waals surface area contributed by atoms with Crippen LogP contribution in [0.15, 0.2) is 30.5 Å². The van der Waals surface area contributed by atoms with Crippen LogP contribution < -0.4 is 0 Å². The number of H-pyrrole nitrogens is 1. The number of rotatable bonds is 3. The smallest absolute Gasteiger partial charge is 0.182 e. The van der Waals surface area contributed by atoms with E-state index >= 15 is 0 Å². The molecule has 0 atom stereocenters. The lowest BCUT2D eigenvalue weighted by Gasteiger charge is -2.11. The van der Waals surface area contributed by atoms with E-state index in [9.17, 15) is 0 Å². The van der Waals surface area contributed by atoms with E-state index < -0.39 is 0 Å². The number of hydrogen-bond donors (Lipinski definition) is 1. The first kappa shape index (κ1) is 12.1. The van der Waals surface area contributed by atoms with Crippen LogP contribution >= 0.6 is 12.2 Å². The Morgan fingerprint density at radius 1 is 1.24 bits per heavy atom. The molecule has 0 saturated heterocycles. The highest BCUT2D eigenvalue weighted by molar-refractivity contribution is 7.71. The van der Waals surface area contributed by atoms with Gasteiger partial charge in [0.15, 0.2) is 4.77 Å². The van der Waals surface area contributed by atoms with Crippen LogP contribution in [-0.4, -0.2) is 9.55 Å². The zero-order valence-electron chi connectivity index (χ0n) is 10.5. The largest absolute Gasteiger partial charge is 0.337 e. The van der Waals surface area contributed by atoms with Gasteiger partial charge in [0.2, 0.25) is 0 Å². The minimum absolute atomic E-state index is 0.453. The highest BCUT2D eigenvalue weighted by Gasteiger charge is 2.09. The van der Waals surface area contributed by atoms with Crippen molar-refractivity contribution in [3.05, 3.63) is 46.5 Å². The van der Waals surface area contributed by atoms with E-state index in [-0.39, 0.29) is 0 Å². The van der Waals surface area contributed by atoms with Crippen LogP contribution in [0.2, 0.25) is 0 Å². The molecule has 0 aliphatic heterocycles. The standard InChI is InChI=1S/C14H18N2S/c1-4-11-5-7-12(8-6-11)16-13(10(2)3)9-15-14(16)17/h5-10H,4H2,1-3H3,(H,15,17). The molecule has 2 aromatic rings. The summed E-state index contributed by atoms with van der Waals surface area (Å²) in [7, 11) is 0. The highest BCUT2D eigenvalue weighted by Crippen LogP contribution is 2.20. The van der Waals surface area contributed by atoms with Gasteiger partial charge in [0.05, 0.1) is 0 Å². The molecule has 0 spiro atoms. The molecule has 0 aliphatic carbocycles. The zero-order valence-corrected chi connectivity index (χ0v) is 11.3. The minimum atomic E-state index is 0.453. The van der Waals surface area contributed by atoms with Crippen molar-refractivity contribution >= 4 is 12.2 Å². The van der Waals surface area contributed by atoms with Gasteiger partial charge in [-0.15, -0.1) is 0 Å². The molecular weight excluding hydrogens is 228 g/mol. The van der Waals surface area contributed by atoms with Crippen molar-refractivity contribution in [1.82, 2.24) is 9.55 Å². The van der Waals surface area contributed by atoms with Crippen molar-refractivity contribution < 1.29 is 0 Å². The molecule has 1 N–H and O–H groups in total. The van der Waals surface area contributed by atoms with Crippen LogP contribution in [0.3, 0.4) is 0 Å². The maximum Gasteiger partial charge on any atom is 0.182 e. The van der Waals surface area contributed by atoms with Gasteiger partial charge >= 0.3 is 0 Å². The van der Waals surface area contributed by atoms with Crippen molar-refractivity contribution in [2.75, 3.05) is 0 Å². The summed E-state index contributed by atoms with van der Waals surface area (Å²) in [5, 5.41) is 0. The molecule has 2 rings (SSSR count). The van der Waals surface area contributed by atoms with Gasteiger partial charge in [-0.1, -0.05) is 32.9 Å². The number of aryl methyl sites for hydroxylation is 1. The lowest BCUT2D eigenvalue weighted by Crippen LogP contribution is -2.01. The first-order chi connectivity index (χ1) is 8.13. The van der Waals surface area contributed by atoms with Gasteiger partial charge in [-0.25, -0.2) is 0 Å². The van der Waals surface area contributed by atoms with Gasteiger partial charge in [-0.2, -0.15) is 0 Å². The van der Waals surface area contributed by atoms with E-state index in [1.807, 2.05) is 6.20 Å². The summed E-state index contributed by atoms with van der Waals surface area (Å²) < 4.78 is 2.87. The van der Waals surface area contributed by atoms with Crippen LogP contribution in [0, 0.1) is 4.77 Å². The van der Waals surface area contributed by atoms with E-state index in [0.29, 0.717) is 5.92 Å². The Morgan fingerprint density at radius 2 is 1.88 bits per heavy atom. The van der Waals surface area contributed by atoms with Crippen LogP contribution in [0.1, 0.15) is 37.9 Å². The summed E-state index contributed by atoms with van der Waals surface area (Å²) in [6.07, 6.45) is 3.07. The van der Waals surface area contributed by atoms with Gasteiger partial charge in [-0.3, -0.25) is 4.57 Å². The van der Waals surface area contributed by atoms with E-state index in [4.69, 9.17) is 12.2 Å². The Morgan fingerprint density at radius 3 is 2.41 bits per heavy atom. The predicted molar refractivity (Wildman–Crippen MR) is 74.4 cm³/mol. The molecule has 17 heavy (non-hydrogen) atoms. The molecule has 0 aliphatic rings. The fourth-order valence-electron chi connectivity index (χ4n) is 1.95. The van der Waals surface area contributed by atoms with Crippen LogP contribution in [0.25, 0.3) is 5.69 Å². The third-order valence-corrected chi connectivity index (χ3v) is 3.30. The number of nitrogens with zero attached hydrogens (tertiary/aromatic N) is 1. The van der Waals surface area contributed by atoms with Gasteiger partial charge in [0.1, 0.15) is 0 Å². The Labute approximate surface area is 107 Å². The monoisotopic (exact) mass is 246 g/mol. The van der Waals surface area contributed by atoms with E-state index in [1.54, 1.807) is 0 Å². The number of hydrogen-bond acceptors (Lipinski definition) is 1. The maximum atomic E-state index is 5.34. The molecule has 0 fully saturated rings. The van der Waals surface area contributed by atoms with E-state index in [0.717, 1.165) is 16.9 Å². The third kappa shape index (κ3) is 2.34. The maximum absolute atomic E-state index is 5.34. The number of imidazole rings is 1. The second-order valence-corrected chi connectivity index (χ2v) is 4.92. The average molecular weight is 246 g/mol. The molecule has 90 valence electrons. The summed E-state index contributed by atoms with van der Waals surface area (Å²) in [5.74, 6) is 0.453. The zero-order chi connectivity index (χ0) is 12.4. The van der Waals surface area contributed by atoms with Gasteiger partial charge < -0.3 is 4.98 Å². The molecule has 0 bridgehead atoms. The molecule has 0 amide bonds. The van der Waals surface area contributed by atoms with Gasteiger partial charge in [0.25, 0.3) is 0 Å². The van der Waals surface area contributed by atoms with Gasteiger partial charge in [0, 0.05) is 17.6 Å². The summed E-state index contributed by atoms with van der Waals surface area (Å²) in [5.41, 5.74) is 3.71. The summed E-state index contributed by atoms with van der Waals surface area (Å²) in [4.78, 5) is 3.12. The fourth-order valence-corrected chi connectivity index (χ4v) is 2.22. The second-order valence-electron chi connectivity index (χ2n) is 4.53. The molecule has 0 unspecified atom stereocenters. The number of aromatic amines is 1. The van der Waals surface area contributed by atoms with Crippen LogP contribution in [0.5, 0.6) is 0 Å². The Bertz CT molecular complexity index is 546. The topological polar surface area (TPSA) is 20.7 Å². The fraction of sp³-hybridized carbons (Fsp3) is 0.357. The molecule has 1 aromatic carbocycles. The molecule has 1 heterocycles. The van der Waals surface area contributed by atoms with Crippen molar-refractivity contribution in [2.24, 2.45) is 0 Å². The van der Waals surface area contributed by atoms with Crippen molar-refractivity contribution in [3.8, 4) is 5.69 Å². The van der Waals surface area contributed by atoms with Crippen LogP contribution in [-0.2, 0) is 6.42 Å². The van der Waals surface area contributed by atoms with Crippen LogP contribution in [0.4, 0.5) is 0 Å². The Balaban J connectivity index is 2.51. The number of nitrogens with one attached hydrogen (secondary N) is 1. The van der Waals surface area contributed by atoms with E-state index in [2.05, 4.69) is 54.6 Å². The SMILES string of the molecule is CCc1ccc(-n2c(C(C)C)c[nH]c2=S)cc1. The molecule has 0 radical (unpaired) electrons. The Hall–Kier alpha value is -1.35. The molecule has 2 nitrogen and oxygen atoms in total. The van der Waals surface area contributed by atoms with Crippen molar-refractivity contribution in [3.63, 3.8) is 0 Å². The minimum Gasteiger partial charge on any atom is -0.337 e. The number of aromatic nitrogens is 2. The highest BCUT2D eigenvalue weighted by atomic mass is 32.1. The normalized spacial score (nSPS) is 11.1. The summed E-state index contributed by atoms with van der Waals surface area (Å²) in [6.45, 7) is 6.51. The quantitative estimate of drug-likeness (QED) is 0.804. The summed E-state index contributed by atoms with van der Waals surface area (Å²) >= 11 is 5.34. The van der Waals surface area contributed by atoms with Crippen molar-refractivity contribution in [2.45, 2.75) is 33.1 Å². The van der Waals surface area contributed by atoms with Crippen molar-refractivity contribution in [1.29, 1.82) is 0 Å². The first-order valence-corrected chi connectivity index (χ1v) is 6.44. The Kier molecular flexibility index (Phi) is 3.48. The van der Waals surface area contributed by atoms with Gasteiger partial charge in [-0.05, 0) is 42.3 Å². The molecule has 3 heteroatoms. The number of benzene rings is 1. The third-order valence-electron chi connectivity index (χ3n) is 3.00. The summed E-state index contributed by atoms with van der Waals surface area (Å²) in [6, 6.07) is 8.59. The molecule has 0 saturated carbocycles. The molecule has 1 aromatic heterocycles.